The third-order valence-electron chi connectivity index (χ3n) is 5.16. The first kappa shape index (κ1) is 24.5. The number of hydrogen-bond acceptors (Lipinski definition) is 6. The Morgan fingerprint density at radius 3 is 2.58 bits per heavy atom. The van der Waals surface area contributed by atoms with Crippen LogP contribution in [0.5, 0.6) is 0 Å². The van der Waals surface area contributed by atoms with E-state index in [-0.39, 0.29) is 11.7 Å². The highest BCUT2D eigenvalue weighted by atomic mass is 35.5. The standard InChI is InChI=1S/C26H19Cl2N5OS2/c27-18-8-6-7-17(13-18)14-20-15-29-25(36-20)30-23(34)16-35-26-32-31-24(21-11-4-5-12-22(21)28)33(26)19-9-2-1-3-10-19/h1-13,15H,14,16H2,(H,29,30,34). The van der Waals surface area contributed by atoms with Gasteiger partial charge in [0.25, 0.3) is 0 Å². The number of carbonyl (C=O) groups excluding carboxylic acids is 1. The predicted octanol–water partition coefficient (Wildman–Crippen LogP) is 7.02. The van der Waals surface area contributed by atoms with Crippen molar-refractivity contribution < 1.29 is 4.79 Å². The first-order chi connectivity index (χ1) is 17.6. The first-order valence-electron chi connectivity index (χ1n) is 10.9. The Kier molecular flexibility index (Phi) is 7.67. The number of thiazole rings is 1. The number of rotatable bonds is 8. The molecule has 10 heteroatoms. The van der Waals surface area contributed by atoms with Gasteiger partial charge in [0.05, 0.1) is 10.8 Å². The summed E-state index contributed by atoms with van der Waals surface area (Å²) in [6.07, 6.45) is 2.48. The van der Waals surface area contributed by atoms with Crippen molar-refractivity contribution in [1.29, 1.82) is 0 Å². The average molecular weight is 553 g/mol. The Morgan fingerprint density at radius 1 is 0.972 bits per heavy atom. The molecule has 180 valence electrons. The molecule has 2 aromatic heterocycles. The van der Waals surface area contributed by atoms with E-state index in [1.165, 1.54) is 23.1 Å². The first-order valence-corrected chi connectivity index (χ1v) is 13.5. The smallest absolute Gasteiger partial charge is 0.236 e. The Bertz CT molecular complexity index is 1500. The monoisotopic (exact) mass is 551 g/mol. The molecule has 3 aromatic carbocycles. The van der Waals surface area contributed by atoms with E-state index in [9.17, 15) is 4.79 Å². The Morgan fingerprint density at radius 2 is 1.78 bits per heavy atom. The summed E-state index contributed by atoms with van der Waals surface area (Å²) in [5.41, 5.74) is 2.74. The molecule has 1 N–H and O–H groups in total. The van der Waals surface area contributed by atoms with Gasteiger partial charge in [-0.1, -0.05) is 77.4 Å². The number of amides is 1. The van der Waals surface area contributed by atoms with Gasteiger partial charge < -0.3 is 5.32 Å². The highest BCUT2D eigenvalue weighted by Gasteiger charge is 2.19. The molecule has 2 heterocycles. The third kappa shape index (κ3) is 5.79. The average Bonchev–Trinajstić information content (AvgIpc) is 3.50. The van der Waals surface area contributed by atoms with E-state index in [0.29, 0.717) is 32.6 Å². The SMILES string of the molecule is O=C(CSc1nnc(-c2ccccc2Cl)n1-c1ccccc1)Nc1ncc(Cc2cccc(Cl)c2)s1. The van der Waals surface area contributed by atoms with Crippen LogP contribution in [0.15, 0.2) is 90.2 Å². The van der Waals surface area contributed by atoms with Crippen LogP contribution in [0.3, 0.4) is 0 Å². The number of halogens is 2. The number of thioether (sulfide) groups is 1. The zero-order valence-corrected chi connectivity index (χ0v) is 21.9. The van der Waals surface area contributed by atoms with Crippen LogP contribution in [0.1, 0.15) is 10.4 Å². The lowest BCUT2D eigenvalue weighted by molar-refractivity contribution is -0.113. The maximum absolute atomic E-state index is 12.7. The second-order valence-electron chi connectivity index (χ2n) is 7.73. The molecule has 5 rings (SSSR count). The Labute approximate surface area is 226 Å². The number of para-hydroxylation sites is 1. The summed E-state index contributed by atoms with van der Waals surface area (Å²) >= 11 is 15.3. The highest BCUT2D eigenvalue weighted by molar-refractivity contribution is 7.99. The van der Waals surface area contributed by atoms with Crippen LogP contribution in [-0.2, 0) is 11.2 Å². The topological polar surface area (TPSA) is 72.7 Å². The number of benzene rings is 3. The van der Waals surface area contributed by atoms with Gasteiger partial charge in [-0.3, -0.25) is 9.36 Å². The molecule has 0 aliphatic heterocycles. The minimum absolute atomic E-state index is 0.149. The molecule has 1 amide bonds. The Hall–Kier alpha value is -3.17. The zero-order chi connectivity index (χ0) is 24.9. The third-order valence-corrected chi connectivity index (χ3v) is 7.57. The van der Waals surface area contributed by atoms with Crippen LogP contribution in [0.2, 0.25) is 10.0 Å². The van der Waals surface area contributed by atoms with E-state index in [1.54, 1.807) is 6.20 Å². The van der Waals surface area contributed by atoms with Gasteiger partial charge in [-0.25, -0.2) is 4.98 Å². The molecule has 0 spiro atoms. The second-order valence-corrected chi connectivity index (χ2v) is 10.6. The van der Waals surface area contributed by atoms with Gasteiger partial charge in [0, 0.05) is 33.8 Å². The lowest BCUT2D eigenvalue weighted by Gasteiger charge is -2.11. The van der Waals surface area contributed by atoms with Crippen LogP contribution < -0.4 is 5.32 Å². The fraction of sp³-hybridized carbons (Fsp3) is 0.0769. The number of aromatic nitrogens is 4. The van der Waals surface area contributed by atoms with Crippen molar-refractivity contribution in [2.75, 3.05) is 11.1 Å². The lowest BCUT2D eigenvalue weighted by Crippen LogP contribution is -2.14. The van der Waals surface area contributed by atoms with Crippen molar-refractivity contribution in [2.45, 2.75) is 11.6 Å². The fourth-order valence-corrected chi connectivity index (χ4v) is 5.62. The quantitative estimate of drug-likeness (QED) is 0.210. The molecule has 0 aliphatic carbocycles. The molecule has 6 nitrogen and oxygen atoms in total. The van der Waals surface area contributed by atoms with Crippen molar-refractivity contribution in [3.63, 3.8) is 0 Å². The van der Waals surface area contributed by atoms with Gasteiger partial charge in [-0.05, 0) is 42.0 Å². The van der Waals surface area contributed by atoms with E-state index >= 15 is 0 Å². The summed E-state index contributed by atoms with van der Waals surface area (Å²) < 4.78 is 1.91. The molecule has 0 saturated heterocycles. The maximum Gasteiger partial charge on any atom is 0.236 e. The summed E-state index contributed by atoms with van der Waals surface area (Å²) in [6, 6.07) is 24.9. The maximum atomic E-state index is 12.7. The molecule has 0 fully saturated rings. The number of carbonyl (C=O) groups is 1. The molecule has 5 aromatic rings. The van der Waals surface area contributed by atoms with Crippen LogP contribution >= 0.6 is 46.3 Å². The summed E-state index contributed by atoms with van der Waals surface area (Å²) in [5, 5.41) is 14.1. The molecular formula is C26H19Cl2N5OS2. The number of hydrogen-bond donors (Lipinski definition) is 1. The van der Waals surface area contributed by atoms with Gasteiger partial charge in [0.15, 0.2) is 16.1 Å². The van der Waals surface area contributed by atoms with Crippen molar-refractivity contribution in [3.8, 4) is 17.1 Å². The van der Waals surface area contributed by atoms with Gasteiger partial charge >= 0.3 is 0 Å². The number of anilines is 1. The van der Waals surface area contributed by atoms with Gasteiger partial charge in [-0.15, -0.1) is 21.5 Å². The van der Waals surface area contributed by atoms with Gasteiger partial charge in [0.1, 0.15) is 0 Å². The van der Waals surface area contributed by atoms with Crippen molar-refractivity contribution in [2.24, 2.45) is 0 Å². The van der Waals surface area contributed by atoms with E-state index in [1.807, 2.05) is 83.4 Å². The van der Waals surface area contributed by atoms with Crippen LogP contribution in [0.25, 0.3) is 17.1 Å². The minimum Gasteiger partial charge on any atom is -0.301 e. The summed E-state index contributed by atoms with van der Waals surface area (Å²) in [4.78, 5) is 18.1. The molecule has 0 atom stereocenters. The number of nitrogens with one attached hydrogen (secondary N) is 1. The largest absolute Gasteiger partial charge is 0.301 e. The van der Waals surface area contributed by atoms with E-state index in [4.69, 9.17) is 23.2 Å². The summed E-state index contributed by atoms with van der Waals surface area (Å²) in [6.45, 7) is 0. The Balaban J connectivity index is 1.29. The van der Waals surface area contributed by atoms with Crippen LogP contribution in [0.4, 0.5) is 5.13 Å². The fourth-order valence-electron chi connectivity index (χ4n) is 3.57. The van der Waals surface area contributed by atoms with E-state index < -0.39 is 0 Å². The van der Waals surface area contributed by atoms with Crippen LogP contribution in [0, 0.1) is 0 Å². The summed E-state index contributed by atoms with van der Waals surface area (Å²) in [7, 11) is 0. The minimum atomic E-state index is -0.175. The predicted molar refractivity (Wildman–Crippen MR) is 148 cm³/mol. The molecule has 0 aliphatic rings. The molecule has 36 heavy (non-hydrogen) atoms. The second kappa shape index (κ2) is 11.3. The van der Waals surface area contributed by atoms with E-state index in [2.05, 4.69) is 20.5 Å². The van der Waals surface area contributed by atoms with Gasteiger partial charge in [-0.2, -0.15) is 0 Å². The lowest BCUT2D eigenvalue weighted by atomic mass is 10.1. The molecular weight excluding hydrogens is 533 g/mol. The molecule has 0 bridgehead atoms. The zero-order valence-electron chi connectivity index (χ0n) is 18.8. The highest BCUT2D eigenvalue weighted by Crippen LogP contribution is 2.32. The molecule has 0 radical (unpaired) electrons. The van der Waals surface area contributed by atoms with Crippen LogP contribution in [-0.4, -0.2) is 31.4 Å². The van der Waals surface area contributed by atoms with E-state index in [0.717, 1.165) is 21.7 Å². The van der Waals surface area contributed by atoms with Crippen molar-refractivity contribution >= 4 is 57.3 Å². The summed E-state index contributed by atoms with van der Waals surface area (Å²) in [5.74, 6) is 0.585. The molecule has 0 unspecified atom stereocenters. The normalized spacial score (nSPS) is 10.9. The number of nitrogens with zero attached hydrogens (tertiary/aromatic N) is 4. The molecule has 0 saturated carbocycles. The van der Waals surface area contributed by atoms with Crippen molar-refractivity contribution in [1.82, 2.24) is 19.7 Å². The van der Waals surface area contributed by atoms with Gasteiger partial charge in [0.2, 0.25) is 5.91 Å². The van der Waals surface area contributed by atoms with Crippen molar-refractivity contribution in [3.05, 3.63) is 106 Å².